The summed E-state index contributed by atoms with van der Waals surface area (Å²) in [6.07, 6.45) is 2.91. The highest BCUT2D eigenvalue weighted by Crippen LogP contribution is 2.27. The Morgan fingerprint density at radius 3 is 2.28 bits per heavy atom. The predicted molar refractivity (Wildman–Crippen MR) is 95.6 cm³/mol. The van der Waals surface area contributed by atoms with Crippen LogP contribution in [-0.4, -0.2) is 26.0 Å². The predicted octanol–water partition coefficient (Wildman–Crippen LogP) is 2.83. The minimum Gasteiger partial charge on any atom is -0.493 e. The van der Waals surface area contributed by atoms with Gasteiger partial charge < -0.3 is 9.47 Å². The second kappa shape index (κ2) is 8.75. The molecular formula is C18H17ClN2O4. The molecule has 2 amide bonds. The molecule has 0 atom stereocenters. The Hall–Kier alpha value is -2.99. The van der Waals surface area contributed by atoms with E-state index in [-0.39, 0.29) is 0 Å². The highest BCUT2D eigenvalue weighted by Gasteiger charge is 2.10. The first-order valence-electron chi connectivity index (χ1n) is 7.29. The van der Waals surface area contributed by atoms with Crippen molar-refractivity contribution in [3.8, 4) is 11.5 Å². The summed E-state index contributed by atoms with van der Waals surface area (Å²) in [5, 5.41) is 0.615. The van der Waals surface area contributed by atoms with Gasteiger partial charge in [-0.3, -0.25) is 20.4 Å². The summed E-state index contributed by atoms with van der Waals surface area (Å²) in [7, 11) is 2.98. The highest BCUT2D eigenvalue weighted by molar-refractivity contribution is 6.30. The summed E-state index contributed by atoms with van der Waals surface area (Å²) in [6, 6.07) is 11.7. The summed E-state index contributed by atoms with van der Waals surface area (Å²) >= 11 is 5.79. The van der Waals surface area contributed by atoms with Crippen LogP contribution in [0.3, 0.4) is 0 Å². The molecule has 0 saturated carbocycles. The first-order chi connectivity index (χ1) is 12.0. The molecule has 0 heterocycles. The molecule has 6 nitrogen and oxygen atoms in total. The number of nitrogens with one attached hydrogen (secondary N) is 2. The van der Waals surface area contributed by atoms with Crippen LogP contribution in [0.25, 0.3) is 6.08 Å². The van der Waals surface area contributed by atoms with E-state index in [9.17, 15) is 9.59 Å². The van der Waals surface area contributed by atoms with Crippen LogP contribution >= 0.6 is 11.6 Å². The van der Waals surface area contributed by atoms with Crippen LogP contribution in [0.2, 0.25) is 5.02 Å². The number of carbonyl (C=O) groups is 2. The summed E-state index contributed by atoms with van der Waals surface area (Å²) in [5.74, 6) is -0.0175. The monoisotopic (exact) mass is 360 g/mol. The van der Waals surface area contributed by atoms with Crippen LogP contribution in [0.4, 0.5) is 0 Å². The number of hydrogen-bond donors (Lipinski definition) is 2. The van der Waals surface area contributed by atoms with E-state index in [1.165, 1.54) is 26.4 Å². The lowest BCUT2D eigenvalue weighted by molar-refractivity contribution is -0.117. The van der Waals surface area contributed by atoms with E-state index in [4.69, 9.17) is 21.1 Å². The Bertz CT molecular complexity index is 788. The van der Waals surface area contributed by atoms with Gasteiger partial charge in [-0.1, -0.05) is 23.7 Å². The van der Waals surface area contributed by atoms with E-state index in [1.807, 2.05) is 0 Å². The molecule has 2 rings (SSSR count). The Kier molecular flexibility index (Phi) is 6.42. The Balaban J connectivity index is 1.92. The summed E-state index contributed by atoms with van der Waals surface area (Å²) in [4.78, 5) is 23.8. The van der Waals surface area contributed by atoms with Crippen LogP contribution in [0.1, 0.15) is 15.9 Å². The molecule has 2 N–H and O–H groups in total. The largest absolute Gasteiger partial charge is 0.493 e. The lowest BCUT2D eigenvalue weighted by atomic mass is 10.2. The molecule has 2 aromatic rings. The zero-order valence-electron chi connectivity index (χ0n) is 13.7. The van der Waals surface area contributed by atoms with E-state index in [0.29, 0.717) is 22.1 Å². The van der Waals surface area contributed by atoms with Crippen LogP contribution in [0, 0.1) is 0 Å². The van der Waals surface area contributed by atoms with Gasteiger partial charge >= 0.3 is 0 Å². The maximum Gasteiger partial charge on any atom is 0.269 e. The average molecular weight is 361 g/mol. The number of rotatable bonds is 5. The lowest BCUT2D eigenvalue weighted by Gasteiger charge is -2.10. The molecule has 0 aliphatic rings. The van der Waals surface area contributed by atoms with E-state index >= 15 is 0 Å². The molecule has 7 heteroatoms. The molecule has 0 unspecified atom stereocenters. The summed E-state index contributed by atoms with van der Waals surface area (Å²) < 4.78 is 10.2. The second-order valence-corrected chi connectivity index (χ2v) is 5.33. The topological polar surface area (TPSA) is 76.7 Å². The standard InChI is InChI=1S/C18H17ClN2O4/c1-24-15-9-6-13(11-16(15)25-2)18(23)21-20-17(22)10-5-12-3-7-14(19)8-4-12/h3-11H,1-2H3,(H,20,22)(H,21,23)/b10-5+. The molecule has 0 aliphatic carbocycles. The van der Waals surface area contributed by atoms with Gasteiger partial charge in [-0.05, 0) is 42.0 Å². The fourth-order valence-corrected chi connectivity index (χ4v) is 2.08. The van der Waals surface area contributed by atoms with Crippen LogP contribution in [0.15, 0.2) is 48.5 Å². The van der Waals surface area contributed by atoms with E-state index in [1.54, 1.807) is 42.5 Å². The number of ether oxygens (including phenoxy) is 2. The normalized spacial score (nSPS) is 10.4. The van der Waals surface area contributed by atoms with Crippen molar-refractivity contribution in [3.63, 3.8) is 0 Å². The lowest BCUT2D eigenvalue weighted by Crippen LogP contribution is -2.40. The molecule has 2 aromatic carbocycles. The van der Waals surface area contributed by atoms with Crippen molar-refractivity contribution >= 4 is 29.5 Å². The highest BCUT2D eigenvalue weighted by atomic mass is 35.5. The molecule has 0 aliphatic heterocycles. The van der Waals surface area contributed by atoms with Crippen molar-refractivity contribution in [3.05, 3.63) is 64.7 Å². The fraction of sp³-hybridized carbons (Fsp3) is 0.111. The molecule has 0 aromatic heterocycles. The number of amides is 2. The number of benzene rings is 2. The zero-order chi connectivity index (χ0) is 18.2. The van der Waals surface area contributed by atoms with E-state index in [0.717, 1.165) is 5.56 Å². The molecule has 0 bridgehead atoms. The van der Waals surface area contributed by atoms with Crippen LogP contribution in [-0.2, 0) is 4.79 Å². The summed E-state index contributed by atoms with van der Waals surface area (Å²) in [5.41, 5.74) is 5.76. The van der Waals surface area contributed by atoms with Crippen LogP contribution in [0.5, 0.6) is 11.5 Å². The van der Waals surface area contributed by atoms with Crippen molar-refractivity contribution in [2.24, 2.45) is 0 Å². The number of halogens is 1. The minimum atomic E-state index is -0.478. The molecule has 130 valence electrons. The van der Waals surface area contributed by atoms with Gasteiger partial charge in [0.1, 0.15) is 0 Å². The molecule has 0 radical (unpaired) electrons. The molecule has 0 fully saturated rings. The number of hydrogen-bond acceptors (Lipinski definition) is 4. The quantitative estimate of drug-likeness (QED) is 0.635. The van der Waals surface area contributed by atoms with Gasteiger partial charge in [0.15, 0.2) is 11.5 Å². The maximum absolute atomic E-state index is 12.1. The first-order valence-corrected chi connectivity index (χ1v) is 7.67. The second-order valence-electron chi connectivity index (χ2n) is 4.90. The number of carbonyl (C=O) groups excluding carboxylic acids is 2. The van der Waals surface area contributed by atoms with Crippen molar-refractivity contribution < 1.29 is 19.1 Å². The molecule has 0 spiro atoms. The Morgan fingerprint density at radius 1 is 0.960 bits per heavy atom. The van der Waals surface area contributed by atoms with Gasteiger partial charge in [0.05, 0.1) is 14.2 Å². The minimum absolute atomic E-state index is 0.319. The SMILES string of the molecule is COc1ccc(C(=O)NNC(=O)/C=C/c2ccc(Cl)cc2)cc1OC. The van der Waals surface area contributed by atoms with Crippen LogP contribution < -0.4 is 20.3 Å². The van der Waals surface area contributed by atoms with Crippen molar-refractivity contribution in [2.75, 3.05) is 14.2 Å². The van der Waals surface area contributed by atoms with Crippen molar-refractivity contribution in [1.82, 2.24) is 10.9 Å². The van der Waals surface area contributed by atoms with Gasteiger partial charge in [-0.15, -0.1) is 0 Å². The number of hydrazine groups is 1. The van der Waals surface area contributed by atoms with Gasteiger partial charge in [0, 0.05) is 16.7 Å². The first kappa shape index (κ1) is 18.4. The number of methoxy groups -OCH3 is 2. The fourth-order valence-electron chi connectivity index (χ4n) is 1.96. The van der Waals surface area contributed by atoms with Crippen molar-refractivity contribution in [2.45, 2.75) is 0 Å². The maximum atomic E-state index is 12.1. The van der Waals surface area contributed by atoms with E-state index in [2.05, 4.69) is 10.9 Å². The van der Waals surface area contributed by atoms with Gasteiger partial charge in [0.25, 0.3) is 11.8 Å². The molecular weight excluding hydrogens is 344 g/mol. The molecule has 0 saturated heterocycles. The Labute approximate surface area is 150 Å². The van der Waals surface area contributed by atoms with Gasteiger partial charge in [-0.2, -0.15) is 0 Å². The Morgan fingerprint density at radius 2 is 1.64 bits per heavy atom. The van der Waals surface area contributed by atoms with Gasteiger partial charge in [0.2, 0.25) is 0 Å². The van der Waals surface area contributed by atoms with Crippen molar-refractivity contribution in [1.29, 1.82) is 0 Å². The molecule has 25 heavy (non-hydrogen) atoms. The third-order valence-corrected chi connectivity index (χ3v) is 3.49. The average Bonchev–Trinajstić information content (AvgIpc) is 2.64. The van der Waals surface area contributed by atoms with E-state index < -0.39 is 11.8 Å². The van der Waals surface area contributed by atoms with Gasteiger partial charge in [-0.25, -0.2) is 0 Å². The smallest absolute Gasteiger partial charge is 0.269 e. The summed E-state index contributed by atoms with van der Waals surface area (Å²) in [6.45, 7) is 0. The third kappa shape index (κ3) is 5.26. The zero-order valence-corrected chi connectivity index (χ0v) is 14.5. The third-order valence-electron chi connectivity index (χ3n) is 3.24.